The molecule has 0 aromatic heterocycles. The molecule has 0 radical (unpaired) electrons. The second-order valence-corrected chi connectivity index (χ2v) is 6.10. The molecule has 2 fully saturated rings. The lowest BCUT2D eigenvalue weighted by Gasteiger charge is -2.34. The van der Waals surface area contributed by atoms with Gasteiger partial charge in [0.15, 0.2) is 0 Å². The zero-order valence-electron chi connectivity index (χ0n) is 11.1. The number of hydrogen-bond acceptors (Lipinski definition) is 1. The monoisotopic (exact) mass is 209 g/mol. The van der Waals surface area contributed by atoms with E-state index in [1.807, 2.05) is 0 Å². The molecule has 0 aromatic rings. The minimum atomic E-state index is 0.537. The van der Waals surface area contributed by atoms with Crippen molar-refractivity contribution in [3.05, 3.63) is 0 Å². The molecule has 0 aromatic carbocycles. The van der Waals surface area contributed by atoms with E-state index in [4.69, 9.17) is 0 Å². The van der Waals surface area contributed by atoms with Crippen LogP contribution in [-0.2, 0) is 0 Å². The Kier molecular flexibility index (Phi) is 2.87. The lowest BCUT2D eigenvalue weighted by molar-refractivity contribution is 0.153. The highest BCUT2D eigenvalue weighted by molar-refractivity contribution is 5.17. The van der Waals surface area contributed by atoms with Crippen LogP contribution in [0.3, 0.4) is 0 Å². The standard InChI is InChI=1S/C14H27N/c1-6-14(15(4)5)11(3)13(14)10(2)12-8-7-9-12/h10-13H,6-9H2,1-5H3. The first-order chi connectivity index (χ1) is 7.05. The van der Waals surface area contributed by atoms with E-state index < -0.39 is 0 Å². The van der Waals surface area contributed by atoms with Gasteiger partial charge >= 0.3 is 0 Å². The average Bonchev–Trinajstić information content (AvgIpc) is 2.69. The third-order valence-electron chi connectivity index (χ3n) is 5.65. The Morgan fingerprint density at radius 3 is 2.20 bits per heavy atom. The maximum atomic E-state index is 2.51. The zero-order valence-corrected chi connectivity index (χ0v) is 11.1. The first-order valence-electron chi connectivity index (χ1n) is 6.73. The van der Waals surface area contributed by atoms with E-state index in [0.717, 1.165) is 23.7 Å². The highest BCUT2D eigenvalue weighted by Crippen LogP contribution is 2.62. The molecule has 2 aliphatic rings. The average molecular weight is 209 g/mol. The largest absolute Gasteiger partial charge is 0.303 e. The van der Waals surface area contributed by atoms with Gasteiger partial charge in [-0.3, -0.25) is 0 Å². The normalized spacial score (nSPS) is 42.8. The maximum Gasteiger partial charge on any atom is 0.0263 e. The van der Waals surface area contributed by atoms with Crippen molar-refractivity contribution in [2.24, 2.45) is 23.7 Å². The van der Waals surface area contributed by atoms with Gasteiger partial charge in [-0.15, -0.1) is 0 Å². The van der Waals surface area contributed by atoms with E-state index in [9.17, 15) is 0 Å². The van der Waals surface area contributed by atoms with Gasteiger partial charge in [0, 0.05) is 5.54 Å². The van der Waals surface area contributed by atoms with Crippen LogP contribution in [0.1, 0.15) is 46.5 Å². The van der Waals surface area contributed by atoms with E-state index in [0.29, 0.717) is 5.54 Å². The molecular formula is C14H27N. The van der Waals surface area contributed by atoms with Crippen LogP contribution in [0.25, 0.3) is 0 Å². The summed E-state index contributed by atoms with van der Waals surface area (Å²) in [6, 6.07) is 0. The highest BCUT2D eigenvalue weighted by atomic mass is 15.2. The molecule has 0 saturated heterocycles. The maximum absolute atomic E-state index is 2.51. The first kappa shape index (κ1) is 11.4. The SMILES string of the molecule is CCC1(N(C)C)C(C)C1C(C)C1CCC1. The number of nitrogens with zero attached hydrogens (tertiary/aromatic N) is 1. The van der Waals surface area contributed by atoms with Crippen LogP contribution in [-0.4, -0.2) is 24.5 Å². The Morgan fingerprint density at radius 2 is 1.93 bits per heavy atom. The Morgan fingerprint density at radius 1 is 1.33 bits per heavy atom. The van der Waals surface area contributed by atoms with Gasteiger partial charge in [-0.1, -0.05) is 40.0 Å². The summed E-state index contributed by atoms with van der Waals surface area (Å²) in [6.45, 7) is 7.33. The summed E-state index contributed by atoms with van der Waals surface area (Å²) < 4.78 is 0. The smallest absolute Gasteiger partial charge is 0.0263 e. The number of hydrogen-bond donors (Lipinski definition) is 0. The second-order valence-electron chi connectivity index (χ2n) is 6.10. The van der Waals surface area contributed by atoms with Crippen molar-refractivity contribution in [1.82, 2.24) is 4.90 Å². The van der Waals surface area contributed by atoms with Crippen molar-refractivity contribution in [3.8, 4) is 0 Å². The Bertz CT molecular complexity index is 231. The van der Waals surface area contributed by atoms with Crippen LogP contribution >= 0.6 is 0 Å². The van der Waals surface area contributed by atoms with Crippen molar-refractivity contribution in [1.29, 1.82) is 0 Å². The Hall–Kier alpha value is -0.0400. The third-order valence-corrected chi connectivity index (χ3v) is 5.65. The van der Waals surface area contributed by atoms with Crippen LogP contribution in [0.4, 0.5) is 0 Å². The minimum Gasteiger partial charge on any atom is -0.303 e. The molecule has 0 spiro atoms. The van der Waals surface area contributed by atoms with Gasteiger partial charge < -0.3 is 4.90 Å². The van der Waals surface area contributed by atoms with Crippen molar-refractivity contribution < 1.29 is 0 Å². The van der Waals surface area contributed by atoms with Gasteiger partial charge in [-0.25, -0.2) is 0 Å². The van der Waals surface area contributed by atoms with Gasteiger partial charge in [-0.2, -0.15) is 0 Å². The van der Waals surface area contributed by atoms with Crippen LogP contribution in [0.5, 0.6) is 0 Å². The van der Waals surface area contributed by atoms with Crippen LogP contribution < -0.4 is 0 Å². The Balaban J connectivity index is 2.05. The molecular weight excluding hydrogens is 182 g/mol. The first-order valence-corrected chi connectivity index (χ1v) is 6.73. The van der Waals surface area contributed by atoms with Crippen LogP contribution in [0.2, 0.25) is 0 Å². The van der Waals surface area contributed by atoms with Crippen LogP contribution in [0, 0.1) is 23.7 Å². The highest BCUT2D eigenvalue weighted by Gasteiger charge is 2.64. The van der Waals surface area contributed by atoms with Gasteiger partial charge in [0.25, 0.3) is 0 Å². The molecule has 1 heteroatoms. The summed E-state index contributed by atoms with van der Waals surface area (Å²) in [5.74, 6) is 3.87. The molecule has 0 aliphatic heterocycles. The molecule has 4 unspecified atom stereocenters. The lowest BCUT2D eigenvalue weighted by atomic mass is 9.73. The molecule has 0 N–H and O–H groups in total. The number of rotatable bonds is 4. The van der Waals surface area contributed by atoms with Crippen LogP contribution in [0.15, 0.2) is 0 Å². The fraction of sp³-hybridized carbons (Fsp3) is 1.00. The van der Waals surface area contributed by atoms with Crippen molar-refractivity contribution >= 4 is 0 Å². The fourth-order valence-corrected chi connectivity index (χ4v) is 4.40. The molecule has 2 saturated carbocycles. The van der Waals surface area contributed by atoms with Gasteiger partial charge in [0.2, 0.25) is 0 Å². The van der Waals surface area contributed by atoms with Gasteiger partial charge in [0.1, 0.15) is 0 Å². The summed E-state index contributed by atoms with van der Waals surface area (Å²) in [5.41, 5.74) is 0.537. The van der Waals surface area contributed by atoms with Crippen molar-refractivity contribution in [3.63, 3.8) is 0 Å². The zero-order chi connectivity index (χ0) is 11.2. The predicted molar refractivity (Wildman–Crippen MR) is 65.9 cm³/mol. The lowest BCUT2D eigenvalue weighted by Crippen LogP contribution is -2.35. The van der Waals surface area contributed by atoms with Crippen molar-refractivity contribution in [2.75, 3.05) is 14.1 Å². The quantitative estimate of drug-likeness (QED) is 0.686. The molecule has 2 aliphatic carbocycles. The van der Waals surface area contributed by atoms with Gasteiger partial charge in [-0.05, 0) is 44.2 Å². The molecule has 4 atom stereocenters. The summed E-state index contributed by atoms with van der Waals surface area (Å²) in [7, 11) is 4.54. The predicted octanol–water partition coefficient (Wildman–Crippen LogP) is 3.40. The molecule has 2 rings (SSSR count). The molecule has 15 heavy (non-hydrogen) atoms. The summed E-state index contributed by atoms with van der Waals surface area (Å²) >= 11 is 0. The molecule has 0 heterocycles. The molecule has 0 bridgehead atoms. The van der Waals surface area contributed by atoms with E-state index in [1.165, 1.54) is 25.7 Å². The van der Waals surface area contributed by atoms with Gasteiger partial charge in [0.05, 0.1) is 0 Å². The van der Waals surface area contributed by atoms with E-state index in [1.54, 1.807) is 0 Å². The fourth-order valence-electron chi connectivity index (χ4n) is 4.40. The summed E-state index contributed by atoms with van der Waals surface area (Å²) in [6.07, 6.45) is 5.80. The minimum absolute atomic E-state index is 0.537. The van der Waals surface area contributed by atoms with Crippen molar-refractivity contribution in [2.45, 2.75) is 52.0 Å². The second kappa shape index (κ2) is 3.76. The molecule has 1 nitrogen and oxygen atoms in total. The topological polar surface area (TPSA) is 3.24 Å². The molecule has 88 valence electrons. The summed E-state index contributed by atoms with van der Waals surface area (Å²) in [4.78, 5) is 2.50. The third kappa shape index (κ3) is 1.46. The van der Waals surface area contributed by atoms with E-state index in [-0.39, 0.29) is 0 Å². The van der Waals surface area contributed by atoms with E-state index >= 15 is 0 Å². The van der Waals surface area contributed by atoms with E-state index in [2.05, 4.69) is 39.8 Å². The molecule has 0 amide bonds. The Labute approximate surface area is 95.2 Å². The summed E-state index contributed by atoms with van der Waals surface area (Å²) in [5, 5.41) is 0.